The molecule has 0 bridgehead atoms. The van der Waals surface area contributed by atoms with Gasteiger partial charge in [0.2, 0.25) is 0 Å². The Morgan fingerprint density at radius 1 is 0.357 bits per heavy atom. The molecular formula is C26H56BrP. The Kier molecular flexibility index (Phi) is 19.3. The molecule has 0 fully saturated rings. The molecule has 0 rings (SSSR count). The fourth-order valence-electron chi connectivity index (χ4n) is 5.07. The SMILES string of the molecule is CCCCCCCCCCP(Br)(CCC)(CCC)CCCCCCCCCC. The molecule has 172 valence electrons. The normalized spacial score (nSPS) is 13.5. The summed E-state index contributed by atoms with van der Waals surface area (Å²) in [5.74, 6) is 0. The van der Waals surface area contributed by atoms with Gasteiger partial charge in [-0.15, -0.1) is 0 Å². The van der Waals surface area contributed by atoms with Gasteiger partial charge in [-0.2, -0.15) is 0 Å². The Morgan fingerprint density at radius 2 is 0.643 bits per heavy atom. The first kappa shape index (κ1) is 28.9. The predicted octanol–water partition coefficient (Wildman–Crippen LogP) is 11.0. The van der Waals surface area contributed by atoms with E-state index in [1.165, 1.54) is 140 Å². The van der Waals surface area contributed by atoms with Crippen molar-refractivity contribution in [1.29, 1.82) is 0 Å². The van der Waals surface area contributed by atoms with Crippen molar-refractivity contribution in [1.82, 2.24) is 0 Å². The van der Waals surface area contributed by atoms with Gasteiger partial charge in [0.25, 0.3) is 0 Å². The Hall–Kier alpha value is 0.910. The number of unbranched alkanes of at least 4 members (excludes halogenated alkanes) is 14. The molecule has 0 aromatic carbocycles. The summed E-state index contributed by atoms with van der Waals surface area (Å²) >= 11 is 4.55. The first-order chi connectivity index (χ1) is 13.5. The third kappa shape index (κ3) is 14.8. The molecule has 0 saturated heterocycles. The Morgan fingerprint density at radius 3 is 0.929 bits per heavy atom. The molecule has 2 heteroatoms. The van der Waals surface area contributed by atoms with Crippen molar-refractivity contribution >= 4 is 20.8 Å². The molecule has 0 nitrogen and oxygen atoms in total. The topological polar surface area (TPSA) is 0 Å². The van der Waals surface area contributed by atoms with Crippen LogP contribution in [0.4, 0.5) is 0 Å². The van der Waals surface area contributed by atoms with Crippen LogP contribution in [0.15, 0.2) is 0 Å². The molecule has 28 heavy (non-hydrogen) atoms. The second-order valence-corrected chi connectivity index (χ2v) is 21.1. The van der Waals surface area contributed by atoms with E-state index in [1.807, 2.05) is 0 Å². The second-order valence-electron chi connectivity index (χ2n) is 9.66. The monoisotopic (exact) mass is 478 g/mol. The molecule has 0 heterocycles. The van der Waals surface area contributed by atoms with Gasteiger partial charge in [0, 0.05) is 0 Å². The van der Waals surface area contributed by atoms with E-state index in [2.05, 4.69) is 43.2 Å². The van der Waals surface area contributed by atoms with E-state index in [0.29, 0.717) is 0 Å². The first-order valence-corrected chi connectivity index (χ1v) is 18.3. The van der Waals surface area contributed by atoms with Crippen molar-refractivity contribution in [3.05, 3.63) is 0 Å². The molecule has 0 aliphatic rings. The second kappa shape index (κ2) is 18.7. The number of hydrogen-bond donors (Lipinski definition) is 0. The van der Waals surface area contributed by atoms with E-state index in [4.69, 9.17) is 0 Å². The van der Waals surface area contributed by atoms with Gasteiger partial charge in [-0.3, -0.25) is 0 Å². The summed E-state index contributed by atoms with van der Waals surface area (Å²) in [5.41, 5.74) is 0. The zero-order valence-electron chi connectivity index (χ0n) is 20.4. The molecular weight excluding hydrogens is 423 g/mol. The maximum atomic E-state index is 4.55. The Labute approximate surface area is 188 Å². The molecule has 0 radical (unpaired) electrons. The summed E-state index contributed by atoms with van der Waals surface area (Å²) in [5, 5.41) is -1.63. The Balaban J connectivity index is 4.26. The van der Waals surface area contributed by atoms with Crippen LogP contribution in [0.3, 0.4) is 0 Å². The summed E-state index contributed by atoms with van der Waals surface area (Å²) in [6, 6.07) is 0. The van der Waals surface area contributed by atoms with Crippen molar-refractivity contribution in [2.75, 3.05) is 24.6 Å². The molecule has 0 atom stereocenters. The van der Waals surface area contributed by atoms with E-state index >= 15 is 0 Å². The maximum absolute atomic E-state index is 4.55. The molecule has 0 amide bonds. The van der Waals surface area contributed by atoms with Crippen molar-refractivity contribution in [3.63, 3.8) is 0 Å². The third-order valence-corrected chi connectivity index (χ3v) is 17.0. The first-order valence-electron chi connectivity index (χ1n) is 13.3. The van der Waals surface area contributed by atoms with Crippen LogP contribution >= 0.6 is 20.8 Å². The minimum absolute atomic E-state index is 1.37. The molecule has 0 aliphatic carbocycles. The van der Waals surface area contributed by atoms with Crippen molar-refractivity contribution < 1.29 is 0 Å². The zero-order valence-corrected chi connectivity index (χ0v) is 22.9. The van der Waals surface area contributed by atoms with E-state index in [1.54, 1.807) is 0 Å². The van der Waals surface area contributed by atoms with Crippen LogP contribution in [0.1, 0.15) is 143 Å². The van der Waals surface area contributed by atoms with Gasteiger partial charge < -0.3 is 0 Å². The van der Waals surface area contributed by atoms with Crippen LogP contribution < -0.4 is 0 Å². The zero-order chi connectivity index (χ0) is 21.0. The van der Waals surface area contributed by atoms with Crippen LogP contribution in [0.25, 0.3) is 0 Å². The van der Waals surface area contributed by atoms with Crippen molar-refractivity contribution in [3.8, 4) is 0 Å². The molecule has 0 spiro atoms. The molecule has 0 aromatic heterocycles. The average Bonchev–Trinajstić information content (AvgIpc) is 2.67. The van der Waals surface area contributed by atoms with Gasteiger partial charge in [-0.1, -0.05) is 0 Å². The van der Waals surface area contributed by atoms with Crippen LogP contribution in [-0.2, 0) is 0 Å². The Bertz CT molecular complexity index is 298. The quantitative estimate of drug-likeness (QED) is 0.107. The predicted molar refractivity (Wildman–Crippen MR) is 141 cm³/mol. The van der Waals surface area contributed by atoms with E-state index in [0.717, 1.165) is 0 Å². The van der Waals surface area contributed by atoms with Crippen molar-refractivity contribution in [2.45, 2.75) is 143 Å². The van der Waals surface area contributed by atoms with Gasteiger partial charge >= 0.3 is 189 Å². The van der Waals surface area contributed by atoms with Gasteiger partial charge in [0.05, 0.1) is 0 Å². The minimum atomic E-state index is -1.63. The van der Waals surface area contributed by atoms with E-state index < -0.39 is 5.31 Å². The summed E-state index contributed by atoms with van der Waals surface area (Å²) in [6.45, 7) is 9.46. The molecule has 0 aromatic rings. The van der Waals surface area contributed by atoms with Crippen LogP contribution in [0, 0.1) is 0 Å². The number of rotatable bonds is 22. The van der Waals surface area contributed by atoms with Gasteiger partial charge in [-0.25, -0.2) is 0 Å². The fraction of sp³-hybridized carbons (Fsp3) is 1.00. The standard InChI is InChI=1S/C26H56BrP/c1-5-9-11-13-15-17-19-21-25-28(27,23-7-3,24-8-4)26-22-20-18-16-14-12-10-6-2/h5-26H2,1-4H3. The molecule has 0 aliphatic heterocycles. The molecule has 0 N–H and O–H groups in total. The van der Waals surface area contributed by atoms with Crippen LogP contribution in [-0.4, -0.2) is 24.6 Å². The third-order valence-electron chi connectivity index (χ3n) is 6.71. The van der Waals surface area contributed by atoms with Crippen LogP contribution in [0.2, 0.25) is 0 Å². The average molecular weight is 480 g/mol. The molecule has 0 saturated carbocycles. The summed E-state index contributed by atoms with van der Waals surface area (Å²) in [4.78, 5) is 0. The summed E-state index contributed by atoms with van der Waals surface area (Å²) in [7, 11) is 0. The van der Waals surface area contributed by atoms with Gasteiger partial charge in [0.15, 0.2) is 0 Å². The fourth-order valence-corrected chi connectivity index (χ4v) is 14.3. The van der Waals surface area contributed by atoms with Crippen molar-refractivity contribution in [2.24, 2.45) is 0 Å². The van der Waals surface area contributed by atoms with Crippen LogP contribution in [0.5, 0.6) is 0 Å². The van der Waals surface area contributed by atoms with Gasteiger partial charge in [0.1, 0.15) is 0 Å². The van der Waals surface area contributed by atoms with E-state index in [-0.39, 0.29) is 0 Å². The number of hydrogen-bond acceptors (Lipinski definition) is 0. The van der Waals surface area contributed by atoms with E-state index in [9.17, 15) is 0 Å². The molecule has 0 unspecified atom stereocenters. The number of halogens is 1. The van der Waals surface area contributed by atoms with Gasteiger partial charge in [-0.05, 0) is 0 Å². The summed E-state index contributed by atoms with van der Waals surface area (Å²) < 4.78 is 0. The summed E-state index contributed by atoms with van der Waals surface area (Å²) in [6.07, 6.45) is 32.0.